The zero-order valence-corrected chi connectivity index (χ0v) is 14.6. The topological polar surface area (TPSA) is 94.1 Å². The summed E-state index contributed by atoms with van der Waals surface area (Å²) >= 11 is 0. The van der Waals surface area contributed by atoms with Crippen molar-refractivity contribution in [2.45, 2.75) is 13.1 Å². The van der Waals surface area contributed by atoms with Gasteiger partial charge in [-0.15, -0.1) is 0 Å². The molecule has 3 aromatic rings. The number of nitrogens with zero attached hydrogens (tertiary/aromatic N) is 4. The van der Waals surface area contributed by atoms with E-state index in [1.165, 1.54) is 0 Å². The monoisotopic (exact) mass is 352 g/mol. The van der Waals surface area contributed by atoms with Gasteiger partial charge in [0.1, 0.15) is 0 Å². The Hall–Kier alpha value is -3.42. The predicted molar refractivity (Wildman–Crippen MR) is 98.3 cm³/mol. The normalized spacial score (nSPS) is 10.2. The average molecular weight is 352 g/mol. The van der Waals surface area contributed by atoms with Crippen LogP contribution in [0, 0.1) is 0 Å². The molecule has 0 radical (unpaired) electrons. The molecule has 0 saturated heterocycles. The highest BCUT2D eigenvalue weighted by Crippen LogP contribution is 2.12. The largest absolute Gasteiger partial charge is 0.481 e. The summed E-state index contributed by atoms with van der Waals surface area (Å²) in [5.41, 5.74) is 2.25. The Morgan fingerprint density at radius 1 is 0.692 bits per heavy atom. The zero-order valence-electron chi connectivity index (χ0n) is 14.6. The molecule has 3 rings (SSSR count). The number of rotatable bonds is 8. The van der Waals surface area contributed by atoms with E-state index >= 15 is 0 Å². The predicted octanol–water partition coefficient (Wildman–Crippen LogP) is 2.51. The lowest BCUT2D eigenvalue weighted by Crippen LogP contribution is -2.05. The first-order valence-electron chi connectivity index (χ1n) is 8.06. The minimum atomic E-state index is 0.531. The maximum absolute atomic E-state index is 5.08. The average Bonchev–Trinajstić information content (AvgIpc) is 2.72. The third-order valence-corrected chi connectivity index (χ3v) is 3.60. The van der Waals surface area contributed by atoms with Crippen LogP contribution < -0.4 is 20.1 Å². The van der Waals surface area contributed by atoms with Crippen LogP contribution in [0.5, 0.6) is 11.8 Å². The molecule has 0 amide bonds. The number of aromatic nitrogens is 4. The van der Waals surface area contributed by atoms with Gasteiger partial charge in [0.05, 0.1) is 14.2 Å². The lowest BCUT2D eigenvalue weighted by Gasteiger charge is -2.08. The second-order valence-electron chi connectivity index (χ2n) is 5.37. The van der Waals surface area contributed by atoms with Crippen LogP contribution in [0.4, 0.5) is 11.9 Å². The molecule has 0 aliphatic carbocycles. The summed E-state index contributed by atoms with van der Waals surface area (Å²) in [6, 6.07) is 11.6. The van der Waals surface area contributed by atoms with Gasteiger partial charge in [0.2, 0.25) is 23.7 Å². The molecule has 0 unspecified atom stereocenters. The zero-order chi connectivity index (χ0) is 18.2. The van der Waals surface area contributed by atoms with Gasteiger partial charge in [0.15, 0.2) is 0 Å². The van der Waals surface area contributed by atoms with Crippen molar-refractivity contribution >= 4 is 11.9 Å². The molecule has 0 atom stereocenters. The van der Waals surface area contributed by atoms with Crippen LogP contribution in [0.2, 0.25) is 0 Å². The first kappa shape index (κ1) is 17.4. The summed E-state index contributed by atoms with van der Waals surface area (Å²) in [5.74, 6) is 2.13. The maximum Gasteiger partial charge on any atom is 0.226 e. The Morgan fingerprint density at radius 3 is 1.50 bits per heavy atom. The van der Waals surface area contributed by atoms with Crippen molar-refractivity contribution < 1.29 is 9.47 Å². The number of benzene rings is 1. The number of methoxy groups -OCH3 is 2. The van der Waals surface area contributed by atoms with Gasteiger partial charge in [-0.25, -0.2) is 9.97 Å². The highest BCUT2D eigenvalue weighted by atomic mass is 16.5. The number of hydrogen-bond donors (Lipinski definition) is 2. The SMILES string of the molecule is COc1ccnc(NCc2ccc(CNc3nccc(OC)n3)cc2)n1. The van der Waals surface area contributed by atoms with E-state index in [9.17, 15) is 0 Å². The van der Waals surface area contributed by atoms with Crippen molar-refractivity contribution in [2.24, 2.45) is 0 Å². The second kappa shape index (κ2) is 8.61. The maximum atomic E-state index is 5.08. The summed E-state index contributed by atoms with van der Waals surface area (Å²) in [6.07, 6.45) is 3.31. The highest BCUT2D eigenvalue weighted by molar-refractivity contribution is 5.33. The van der Waals surface area contributed by atoms with Gasteiger partial charge in [-0.1, -0.05) is 24.3 Å². The molecule has 8 heteroatoms. The van der Waals surface area contributed by atoms with Gasteiger partial charge in [-0.05, 0) is 11.1 Å². The summed E-state index contributed by atoms with van der Waals surface area (Å²) in [4.78, 5) is 16.8. The Labute approximate surface area is 151 Å². The van der Waals surface area contributed by atoms with Gasteiger partial charge in [0.25, 0.3) is 0 Å². The number of nitrogens with one attached hydrogen (secondary N) is 2. The molecule has 2 N–H and O–H groups in total. The molecule has 0 spiro atoms. The van der Waals surface area contributed by atoms with Crippen molar-refractivity contribution in [1.29, 1.82) is 0 Å². The molecule has 1 aromatic carbocycles. The molecule has 0 saturated carbocycles. The van der Waals surface area contributed by atoms with Crippen molar-refractivity contribution in [2.75, 3.05) is 24.9 Å². The summed E-state index contributed by atoms with van der Waals surface area (Å²) < 4.78 is 10.2. The lowest BCUT2D eigenvalue weighted by atomic mass is 10.1. The Balaban J connectivity index is 1.52. The van der Waals surface area contributed by atoms with Gasteiger partial charge in [-0.3, -0.25) is 0 Å². The van der Waals surface area contributed by atoms with Crippen molar-refractivity contribution in [3.8, 4) is 11.8 Å². The van der Waals surface area contributed by atoms with Crippen LogP contribution in [0.3, 0.4) is 0 Å². The highest BCUT2D eigenvalue weighted by Gasteiger charge is 2.01. The Kier molecular flexibility index (Phi) is 5.76. The molecule has 0 bridgehead atoms. The summed E-state index contributed by atoms with van der Waals surface area (Å²) in [6.45, 7) is 1.25. The van der Waals surface area contributed by atoms with Crippen molar-refractivity contribution in [3.63, 3.8) is 0 Å². The van der Waals surface area contributed by atoms with Crippen LogP contribution in [0.25, 0.3) is 0 Å². The minimum absolute atomic E-state index is 0.531. The van der Waals surface area contributed by atoms with Gasteiger partial charge < -0.3 is 20.1 Å². The summed E-state index contributed by atoms with van der Waals surface area (Å²) in [5, 5.41) is 6.35. The van der Waals surface area contributed by atoms with E-state index < -0.39 is 0 Å². The molecule has 2 heterocycles. The second-order valence-corrected chi connectivity index (χ2v) is 5.37. The first-order chi connectivity index (χ1) is 12.8. The van der Waals surface area contributed by atoms with Crippen LogP contribution in [-0.2, 0) is 13.1 Å². The fourth-order valence-corrected chi connectivity index (χ4v) is 2.22. The number of anilines is 2. The Morgan fingerprint density at radius 2 is 1.12 bits per heavy atom. The smallest absolute Gasteiger partial charge is 0.226 e. The molecule has 0 fully saturated rings. The minimum Gasteiger partial charge on any atom is -0.481 e. The van der Waals surface area contributed by atoms with E-state index in [1.807, 2.05) is 0 Å². The van der Waals surface area contributed by atoms with E-state index in [0.717, 1.165) is 11.1 Å². The van der Waals surface area contributed by atoms with Crippen LogP contribution in [0.15, 0.2) is 48.8 Å². The molecule has 8 nitrogen and oxygen atoms in total. The van der Waals surface area contributed by atoms with E-state index in [2.05, 4.69) is 54.8 Å². The molecular formula is C18H20N6O2. The molecule has 2 aromatic heterocycles. The van der Waals surface area contributed by atoms with Crippen LogP contribution in [-0.4, -0.2) is 34.2 Å². The lowest BCUT2D eigenvalue weighted by molar-refractivity contribution is 0.397. The van der Waals surface area contributed by atoms with Crippen molar-refractivity contribution in [3.05, 3.63) is 59.9 Å². The molecule has 0 aliphatic rings. The van der Waals surface area contributed by atoms with E-state index in [4.69, 9.17) is 9.47 Å². The van der Waals surface area contributed by atoms with E-state index in [0.29, 0.717) is 36.7 Å². The fraction of sp³-hybridized carbons (Fsp3) is 0.222. The third-order valence-electron chi connectivity index (χ3n) is 3.60. The third kappa shape index (κ3) is 4.79. The van der Waals surface area contributed by atoms with Gasteiger partial charge in [0, 0.05) is 37.6 Å². The number of hydrogen-bond acceptors (Lipinski definition) is 8. The first-order valence-corrected chi connectivity index (χ1v) is 8.06. The van der Waals surface area contributed by atoms with Gasteiger partial charge in [-0.2, -0.15) is 9.97 Å². The molecular weight excluding hydrogens is 332 g/mol. The van der Waals surface area contributed by atoms with Crippen LogP contribution in [0.1, 0.15) is 11.1 Å². The molecule has 26 heavy (non-hydrogen) atoms. The Bertz CT molecular complexity index is 771. The fourth-order valence-electron chi connectivity index (χ4n) is 2.22. The van der Waals surface area contributed by atoms with E-state index in [1.54, 1.807) is 38.7 Å². The molecule has 134 valence electrons. The number of ether oxygens (including phenoxy) is 2. The van der Waals surface area contributed by atoms with Gasteiger partial charge >= 0.3 is 0 Å². The quantitative estimate of drug-likeness (QED) is 0.639. The van der Waals surface area contributed by atoms with Crippen molar-refractivity contribution in [1.82, 2.24) is 19.9 Å². The summed E-state index contributed by atoms with van der Waals surface area (Å²) in [7, 11) is 3.16. The molecule has 0 aliphatic heterocycles. The standard InChI is InChI=1S/C18H20N6O2/c1-25-15-7-9-19-17(23-15)21-11-13-3-5-14(6-4-13)12-22-18-20-10-8-16(24-18)26-2/h3-10H,11-12H2,1-2H3,(H,19,21,23)(H,20,22,24). The van der Waals surface area contributed by atoms with Crippen LogP contribution >= 0.6 is 0 Å². The van der Waals surface area contributed by atoms with E-state index in [-0.39, 0.29) is 0 Å².